The van der Waals surface area contributed by atoms with Crippen LogP contribution >= 0.6 is 27.5 Å². The molecule has 0 radical (unpaired) electrons. The number of nitrogens with zero attached hydrogens (tertiary/aromatic N) is 4. The summed E-state index contributed by atoms with van der Waals surface area (Å²) in [6, 6.07) is 9.23. The van der Waals surface area contributed by atoms with Crippen LogP contribution in [0.1, 0.15) is 10.5 Å². The maximum absolute atomic E-state index is 12.8. The van der Waals surface area contributed by atoms with Crippen LogP contribution in [0.15, 0.2) is 56.5 Å². The van der Waals surface area contributed by atoms with Crippen LogP contribution in [-0.4, -0.2) is 35.4 Å². The van der Waals surface area contributed by atoms with E-state index in [1.165, 1.54) is 29.1 Å². The third-order valence-electron chi connectivity index (χ3n) is 3.78. The molecule has 3 aromatic rings. The Hall–Kier alpha value is -2.76. The Balaban J connectivity index is 1.69. The van der Waals surface area contributed by atoms with Crippen molar-refractivity contribution in [3.05, 3.63) is 57.9 Å². The van der Waals surface area contributed by atoms with Gasteiger partial charge >= 0.3 is 0 Å². The second kappa shape index (κ2) is 7.00. The highest BCUT2D eigenvalue weighted by atomic mass is 79.9. The van der Waals surface area contributed by atoms with Crippen molar-refractivity contribution < 1.29 is 13.2 Å². The lowest BCUT2D eigenvalue weighted by molar-refractivity contribution is 0.101. The van der Waals surface area contributed by atoms with Gasteiger partial charge < -0.3 is 10.6 Å². The van der Waals surface area contributed by atoms with Gasteiger partial charge in [-0.3, -0.25) is 4.79 Å². The van der Waals surface area contributed by atoms with Crippen LogP contribution in [0.2, 0.25) is 5.02 Å². The number of aromatic nitrogens is 3. The first-order valence-electron chi connectivity index (χ1n) is 7.72. The van der Waals surface area contributed by atoms with Crippen LogP contribution in [0.4, 0.5) is 11.4 Å². The number of benzene rings is 1. The zero-order valence-corrected chi connectivity index (χ0v) is 17.0. The molecular formula is C16H10BrClN6O3S. The molecule has 2 N–H and O–H groups in total. The van der Waals surface area contributed by atoms with Crippen LogP contribution in [0, 0.1) is 0 Å². The van der Waals surface area contributed by atoms with Crippen molar-refractivity contribution in [3.8, 4) is 5.82 Å². The van der Waals surface area contributed by atoms with Gasteiger partial charge in [-0.1, -0.05) is 11.6 Å². The Kier molecular flexibility index (Phi) is 4.65. The molecule has 0 saturated carbocycles. The Morgan fingerprint density at radius 2 is 2.07 bits per heavy atom. The van der Waals surface area contributed by atoms with E-state index in [1.54, 1.807) is 18.2 Å². The molecule has 1 aliphatic heterocycles. The fourth-order valence-electron chi connectivity index (χ4n) is 2.56. The Bertz CT molecular complexity index is 1240. The summed E-state index contributed by atoms with van der Waals surface area (Å²) >= 11 is 9.39. The van der Waals surface area contributed by atoms with Gasteiger partial charge in [0.25, 0.3) is 15.9 Å². The highest BCUT2D eigenvalue weighted by Crippen LogP contribution is 2.29. The molecule has 1 amide bonds. The highest BCUT2D eigenvalue weighted by molar-refractivity contribution is 9.10. The summed E-state index contributed by atoms with van der Waals surface area (Å²) in [7, 11) is -3.81. The van der Waals surface area contributed by atoms with E-state index in [0.29, 0.717) is 15.3 Å². The molecule has 1 aromatic carbocycles. The smallest absolute Gasteiger partial charge is 0.285 e. The van der Waals surface area contributed by atoms with Crippen LogP contribution in [0.25, 0.3) is 5.82 Å². The number of halogens is 2. The zero-order chi connectivity index (χ0) is 19.9. The highest BCUT2D eigenvalue weighted by Gasteiger charge is 2.23. The van der Waals surface area contributed by atoms with E-state index in [9.17, 15) is 13.2 Å². The van der Waals surface area contributed by atoms with Crippen molar-refractivity contribution in [1.82, 2.24) is 14.8 Å². The molecule has 0 bridgehead atoms. The summed E-state index contributed by atoms with van der Waals surface area (Å²) in [6.45, 7) is 0. The van der Waals surface area contributed by atoms with Crippen LogP contribution in [0.5, 0.6) is 0 Å². The minimum atomic E-state index is -3.81. The lowest BCUT2D eigenvalue weighted by atomic mass is 10.2. The summed E-state index contributed by atoms with van der Waals surface area (Å²) < 4.78 is 29.3. The van der Waals surface area contributed by atoms with E-state index in [-0.39, 0.29) is 22.1 Å². The quantitative estimate of drug-likeness (QED) is 0.593. The Morgan fingerprint density at radius 1 is 1.25 bits per heavy atom. The van der Waals surface area contributed by atoms with Gasteiger partial charge in [-0.15, -0.1) is 4.40 Å². The second-order valence-electron chi connectivity index (χ2n) is 5.59. The van der Waals surface area contributed by atoms with Gasteiger partial charge in [0, 0.05) is 18.0 Å². The Morgan fingerprint density at radius 3 is 2.86 bits per heavy atom. The third kappa shape index (κ3) is 3.39. The van der Waals surface area contributed by atoms with Crippen LogP contribution < -0.4 is 10.6 Å². The first-order chi connectivity index (χ1) is 13.3. The number of fused-ring (bicyclic) bond motifs is 1. The number of hydrogen-bond acceptors (Lipinski definition) is 6. The molecule has 0 aliphatic carbocycles. The molecule has 1 aliphatic rings. The molecule has 142 valence electrons. The number of carbonyl (C=O) groups excluding carboxylic acids is 1. The molecule has 0 spiro atoms. The van der Waals surface area contributed by atoms with Gasteiger partial charge in [0.15, 0.2) is 5.82 Å². The SMILES string of the molecule is O=C(Nc1ccc2c(c1)S(=O)(=O)N=CN2)c1cc(Br)nn1-c1ncccc1Cl. The number of nitrogens with one attached hydrogen (secondary N) is 2. The predicted molar refractivity (Wildman–Crippen MR) is 108 cm³/mol. The fourth-order valence-corrected chi connectivity index (χ4v) is 4.12. The average molecular weight is 482 g/mol. The monoisotopic (exact) mass is 480 g/mol. The van der Waals surface area contributed by atoms with Gasteiger partial charge in [0.05, 0.1) is 10.7 Å². The van der Waals surface area contributed by atoms with Crippen LogP contribution in [-0.2, 0) is 10.0 Å². The summed E-state index contributed by atoms with van der Waals surface area (Å²) in [5, 5.41) is 9.91. The van der Waals surface area contributed by atoms with Gasteiger partial charge in [0.1, 0.15) is 21.5 Å². The van der Waals surface area contributed by atoms with Crippen molar-refractivity contribution in [2.75, 3.05) is 10.6 Å². The van der Waals surface area contributed by atoms with Gasteiger partial charge in [-0.2, -0.15) is 13.5 Å². The number of carbonyl (C=O) groups is 1. The van der Waals surface area contributed by atoms with E-state index in [0.717, 1.165) is 6.34 Å². The summed E-state index contributed by atoms with van der Waals surface area (Å²) in [4.78, 5) is 16.9. The topological polar surface area (TPSA) is 118 Å². The first-order valence-corrected chi connectivity index (χ1v) is 10.3. The summed E-state index contributed by atoms with van der Waals surface area (Å²) in [5.74, 6) is -0.240. The zero-order valence-electron chi connectivity index (χ0n) is 13.8. The van der Waals surface area contributed by atoms with Crippen molar-refractivity contribution in [2.45, 2.75) is 4.90 Å². The predicted octanol–water partition coefficient (Wildman–Crippen LogP) is 3.08. The van der Waals surface area contributed by atoms with Crippen molar-refractivity contribution in [2.24, 2.45) is 4.40 Å². The average Bonchev–Trinajstić information content (AvgIpc) is 3.04. The number of sulfonamides is 1. The number of hydrogen-bond donors (Lipinski definition) is 2. The fraction of sp³-hybridized carbons (Fsp3) is 0. The molecule has 0 saturated heterocycles. The van der Waals surface area contributed by atoms with Crippen LogP contribution in [0.3, 0.4) is 0 Å². The lowest BCUT2D eigenvalue weighted by Crippen LogP contribution is -2.18. The van der Waals surface area contributed by atoms with E-state index in [4.69, 9.17) is 11.6 Å². The third-order valence-corrected chi connectivity index (χ3v) is 5.74. The maximum atomic E-state index is 12.8. The van der Waals surface area contributed by atoms with E-state index < -0.39 is 15.9 Å². The largest absolute Gasteiger partial charge is 0.345 e. The minimum absolute atomic E-state index is 0.0322. The van der Waals surface area contributed by atoms with E-state index in [2.05, 4.69) is 41.0 Å². The standard InChI is InChI=1S/C16H10BrClN6O3S/c17-14-7-12(24(23-14)15-10(18)2-1-5-19-15)16(25)22-9-3-4-11-13(6-9)28(26,27)21-8-20-11/h1-8H,(H,20,21)(H,22,25). The molecule has 9 nitrogen and oxygen atoms in total. The van der Waals surface area contributed by atoms with E-state index >= 15 is 0 Å². The Labute approximate surface area is 172 Å². The first kappa shape index (κ1) is 18.6. The molecule has 0 fully saturated rings. The number of rotatable bonds is 3. The molecule has 2 aromatic heterocycles. The van der Waals surface area contributed by atoms with Crippen molar-refractivity contribution in [3.63, 3.8) is 0 Å². The van der Waals surface area contributed by atoms with Gasteiger partial charge in [-0.05, 0) is 46.3 Å². The van der Waals surface area contributed by atoms with E-state index in [1.807, 2.05) is 0 Å². The van der Waals surface area contributed by atoms with Crippen molar-refractivity contribution >= 4 is 61.2 Å². The molecule has 4 rings (SSSR count). The lowest BCUT2D eigenvalue weighted by Gasteiger charge is -2.14. The summed E-state index contributed by atoms with van der Waals surface area (Å²) in [5.41, 5.74) is 0.812. The number of anilines is 2. The second-order valence-corrected chi connectivity index (χ2v) is 8.41. The minimum Gasteiger partial charge on any atom is -0.345 e. The molecule has 0 unspecified atom stereocenters. The summed E-state index contributed by atoms with van der Waals surface area (Å²) in [6.07, 6.45) is 2.63. The normalized spacial score (nSPS) is 14.2. The molecule has 0 atom stereocenters. The molecule has 12 heteroatoms. The number of pyridine rings is 1. The van der Waals surface area contributed by atoms with Gasteiger partial charge in [-0.25, -0.2) is 9.67 Å². The molecule has 3 heterocycles. The van der Waals surface area contributed by atoms with Crippen molar-refractivity contribution in [1.29, 1.82) is 0 Å². The molecular weight excluding hydrogens is 472 g/mol. The number of amides is 1. The maximum Gasteiger partial charge on any atom is 0.285 e. The molecule has 28 heavy (non-hydrogen) atoms. The van der Waals surface area contributed by atoms with Gasteiger partial charge in [0.2, 0.25) is 0 Å².